The molecule has 0 unspecified atom stereocenters. The van der Waals surface area contributed by atoms with Gasteiger partial charge in [-0.3, -0.25) is 9.59 Å². The molecule has 0 N–H and O–H groups in total. The zero-order valence-electron chi connectivity index (χ0n) is 17.5. The zero-order chi connectivity index (χ0) is 24.1. The van der Waals surface area contributed by atoms with Gasteiger partial charge in [-0.1, -0.05) is 58.5 Å². The van der Waals surface area contributed by atoms with Gasteiger partial charge in [0.25, 0.3) is 0 Å². The molecule has 0 saturated carbocycles. The van der Waals surface area contributed by atoms with Gasteiger partial charge in [-0.25, -0.2) is 0 Å². The first-order valence-corrected chi connectivity index (χ1v) is 11.4. The summed E-state index contributed by atoms with van der Waals surface area (Å²) >= 11 is 23.8. The molecule has 7 nitrogen and oxygen atoms in total. The van der Waals surface area contributed by atoms with Crippen LogP contribution in [0.2, 0.25) is 20.1 Å². The first kappa shape index (κ1) is 27.7. The number of benzene rings is 2. The summed E-state index contributed by atoms with van der Waals surface area (Å²) in [4.78, 5) is 23.6. The molecule has 0 bridgehead atoms. The highest BCUT2D eigenvalue weighted by molar-refractivity contribution is 6.37. The van der Waals surface area contributed by atoms with Gasteiger partial charge in [0.15, 0.2) is 11.5 Å². The third-order valence-electron chi connectivity index (χ3n) is 3.91. The summed E-state index contributed by atoms with van der Waals surface area (Å²) in [5.74, 6) is -0.741. The van der Waals surface area contributed by atoms with Crippen molar-refractivity contribution in [2.75, 3.05) is 39.6 Å². The van der Waals surface area contributed by atoms with E-state index in [-0.39, 0.29) is 57.6 Å². The van der Waals surface area contributed by atoms with Crippen molar-refractivity contribution in [2.45, 2.75) is 12.8 Å². The molecular weight excluding hydrogens is 518 g/mol. The molecule has 0 atom stereocenters. The molecular formula is C22H22Cl4O7. The van der Waals surface area contributed by atoms with Crippen molar-refractivity contribution in [1.29, 1.82) is 0 Å². The predicted molar refractivity (Wildman–Crippen MR) is 126 cm³/mol. The molecule has 11 heteroatoms. The molecule has 0 aliphatic rings. The Kier molecular flexibility index (Phi) is 12.9. The Morgan fingerprint density at radius 2 is 0.848 bits per heavy atom. The third kappa shape index (κ3) is 10.5. The predicted octanol–water partition coefficient (Wildman–Crippen LogP) is 5.64. The van der Waals surface area contributed by atoms with Gasteiger partial charge in [0, 0.05) is 0 Å². The number of para-hydroxylation sites is 2. The van der Waals surface area contributed by atoms with E-state index in [1.165, 1.54) is 0 Å². The lowest BCUT2D eigenvalue weighted by atomic mass is 10.3. The Morgan fingerprint density at radius 1 is 0.545 bits per heavy atom. The maximum absolute atomic E-state index is 11.8. The van der Waals surface area contributed by atoms with E-state index in [4.69, 9.17) is 70.1 Å². The van der Waals surface area contributed by atoms with Crippen molar-refractivity contribution in [2.24, 2.45) is 0 Å². The number of esters is 2. The SMILES string of the molecule is O=C(CCOCCOCCOCCC(=O)Oc1c(Cl)cccc1Cl)Oc1c(Cl)cccc1Cl. The van der Waals surface area contributed by atoms with E-state index < -0.39 is 11.9 Å². The summed E-state index contributed by atoms with van der Waals surface area (Å²) in [6, 6.07) is 9.63. The molecule has 0 spiro atoms. The second kappa shape index (κ2) is 15.3. The van der Waals surface area contributed by atoms with Crippen LogP contribution in [-0.2, 0) is 23.8 Å². The zero-order valence-corrected chi connectivity index (χ0v) is 20.5. The minimum Gasteiger partial charge on any atom is -0.423 e. The van der Waals surface area contributed by atoms with Gasteiger partial charge in [-0.15, -0.1) is 0 Å². The van der Waals surface area contributed by atoms with Crippen molar-refractivity contribution in [1.82, 2.24) is 0 Å². The lowest BCUT2D eigenvalue weighted by molar-refractivity contribution is -0.136. The van der Waals surface area contributed by atoms with Crippen LogP contribution in [0.25, 0.3) is 0 Å². The van der Waals surface area contributed by atoms with Crippen molar-refractivity contribution >= 4 is 58.3 Å². The first-order chi connectivity index (χ1) is 15.9. The molecule has 0 fully saturated rings. The van der Waals surface area contributed by atoms with Gasteiger partial charge in [-0.05, 0) is 24.3 Å². The molecule has 0 saturated heterocycles. The van der Waals surface area contributed by atoms with E-state index in [1.807, 2.05) is 0 Å². The molecule has 0 radical (unpaired) electrons. The van der Waals surface area contributed by atoms with Gasteiger partial charge in [0.1, 0.15) is 0 Å². The first-order valence-electron chi connectivity index (χ1n) is 9.91. The maximum Gasteiger partial charge on any atom is 0.313 e. The Hall–Kier alpha value is -1.58. The average Bonchev–Trinajstić information content (AvgIpc) is 2.77. The topological polar surface area (TPSA) is 80.3 Å². The summed E-state index contributed by atoms with van der Waals surface area (Å²) in [5.41, 5.74) is 0. The second-order valence-electron chi connectivity index (χ2n) is 6.39. The number of hydrogen-bond donors (Lipinski definition) is 0. The average molecular weight is 540 g/mol. The molecule has 2 aromatic rings. The summed E-state index contributed by atoms with van der Waals surface area (Å²) in [5, 5.41) is 1.03. The van der Waals surface area contributed by atoms with Crippen LogP contribution in [0.1, 0.15) is 12.8 Å². The molecule has 33 heavy (non-hydrogen) atoms. The minimum atomic E-state index is -0.505. The molecule has 2 aromatic carbocycles. The van der Waals surface area contributed by atoms with Crippen molar-refractivity contribution < 1.29 is 33.3 Å². The van der Waals surface area contributed by atoms with Crippen LogP contribution in [0.5, 0.6) is 11.5 Å². The highest BCUT2D eigenvalue weighted by Crippen LogP contribution is 2.33. The van der Waals surface area contributed by atoms with Crippen molar-refractivity contribution in [3.63, 3.8) is 0 Å². The Labute approximate surface area is 211 Å². The molecule has 0 amide bonds. The second-order valence-corrected chi connectivity index (χ2v) is 8.02. The largest absolute Gasteiger partial charge is 0.423 e. The van der Waals surface area contributed by atoms with E-state index in [0.717, 1.165) is 0 Å². The van der Waals surface area contributed by atoms with Crippen LogP contribution >= 0.6 is 46.4 Å². The number of ether oxygens (including phenoxy) is 5. The van der Waals surface area contributed by atoms with E-state index in [9.17, 15) is 9.59 Å². The van der Waals surface area contributed by atoms with Gasteiger partial charge in [0.05, 0.1) is 72.6 Å². The Morgan fingerprint density at radius 3 is 1.18 bits per heavy atom. The molecule has 0 aliphatic heterocycles. The van der Waals surface area contributed by atoms with E-state index in [1.54, 1.807) is 36.4 Å². The minimum absolute atomic E-state index is 0.0418. The smallest absolute Gasteiger partial charge is 0.313 e. The fourth-order valence-corrected chi connectivity index (χ4v) is 3.29. The summed E-state index contributed by atoms with van der Waals surface area (Å²) in [6.07, 6.45) is 0.0837. The summed E-state index contributed by atoms with van der Waals surface area (Å²) in [6.45, 7) is 1.57. The standard InChI is InChI=1S/C22H22Cl4O7/c23-15-3-1-4-16(24)21(15)32-19(27)7-9-29-11-13-31-14-12-30-10-8-20(28)33-22-17(25)5-2-6-18(22)26/h1-6H,7-14H2. The molecule has 0 heterocycles. The number of carbonyl (C=O) groups excluding carboxylic acids is 2. The van der Waals surface area contributed by atoms with Crippen molar-refractivity contribution in [3.05, 3.63) is 56.5 Å². The number of rotatable bonds is 14. The van der Waals surface area contributed by atoms with Crippen LogP contribution in [0.15, 0.2) is 36.4 Å². The third-order valence-corrected chi connectivity index (χ3v) is 5.11. The van der Waals surface area contributed by atoms with Crippen LogP contribution in [0.3, 0.4) is 0 Å². The van der Waals surface area contributed by atoms with Gasteiger partial charge in [-0.2, -0.15) is 0 Å². The molecule has 2 rings (SSSR count). The fraction of sp³-hybridized carbons (Fsp3) is 0.364. The van der Waals surface area contributed by atoms with Crippen LogP contribution in [0, 0.1) is 0 Å². The quantitative estimate of drug-likeness (QED) is 0.174. The number of hydrogen-bond acceptors (Lipinski definition) is 7. The molecule has 180 valence electrons. The summed E-state index contributed by atoms with van der Waals surface area (Å²) < 4.78 is 26.3. The van der Waals surface area contributed by atoms with E-state index >= 15 is 0 Å². The summed E-state index contributed by atoms with van der Waals surface area (Å²) in [7, 11) is 0. The Bertz CT molecular complexity index is 810. The monoisotopic (exact) mass is 538 g/mol. The Balaban J connectivity index is 1.44. The van der Waals surface area contributed by atoms with E-state index in [0.29, 0.717) is 26.4 Å². The molecule has 0 aliphatic carbocycles. The lowest BCUT2D eigenvalue weighted by Crippen LogP contribution is -2.15. The van der Waals surface area contributed by atoms with Crippen LogP contribution in [-0.4, -0.2) is 51.6 Å². The van der Waals surface area contributed by atoms with E-state index in [2.05, 4.69) is 0 Å². The normalized spacial score (nSPS) is 10.8. The lowest BCUT2D eigenvalue weighted by Gasteiger charge is -2.09. The van der Waals surface area contributed by atoms with Crippen LogP contribution in [0.4, 0.5) is 0 Å². The highest BCUT2D eigenvalue weighted by Gasteiger charge is 2.13. The van der Waals surface area contributed by atoms with Crippen molar-refractivity contribution in [3.8, 4) is 11.5 Å². The molecule has 0 aromatic heterocycles. The maximum atomic E-state index is 11.8. The highest BCUT2D eigenvalue weighted by atomic mass is 35.5. The fourth-order valence-electron chi connectivity index (χ4n) is 2.34. The van der Waals surface area contributed by atoms with Gasteiger partial charge in [0.2, 0.25) is 0 Å². The number of carbonyl (C=O) groups is 2. The van der Waals surface area contributed by atoms with Gasteiger partial charge >= 0.3 is 11.9 Å². The number of halogens is 4. The van der Waals surface area contributed by atoms with Gasteiger partial charge < -0.3 is 23.7 Å². The van der Waals surface area contributed by atoms with Crippen LogP contribution < -0.4 is 9.47 Å².